The number of ether oxygens (including phenoxy) is 1. The van der Waals surface area contributed by atoms with Crippen LogP contribution in [0.4, 0.5) is 0 Å². The van der Waals surface area contributed by atoms with E-state index in [1.165, 1.54) is 38.5 Å². The molecule has 1 aromatic rings. The molecule has 2 aliphatic rings. The molecule has 3 rings (SSSR count). The van der Waals surface area contributed by atoms with Crippen molar-refractivity contribution in [2.24, 2.45) is 5.41 Å². The van der Waals surface area contributed by atoms with E-state index in [1.54, 1.807) is 16.4 Å². The molecule has 0 amide bonds. The first kappa shape index (κ1) is 14.2. The zero-order valence-electron chi connectivity index (χ0n) is 12.2. The number of hydrogen-bond acceptors (Lipinski definition) is 5. The van der Waals surface area contributed by atoms with Crippen molar-refractivity contribution in [1.29, 1.82) is 0 Å². The highest BCUT2D eigenvalue weighted by molar-refractivity contribution is 7.99. The molecule has 1 unspecified atom stereocenters. The SMILES string of the molecule is CCc1nnc(SCC2(C3CCCCO3)CCC2)n1N. The van der Waals surface area contributed by atoms with Crippen molar-refractivity contribution in [3.05, 3.63) is 5.82 Å². The van der Waals surface area contributed by atoms with Gasteiger partial charge < -0.3 is 10.6 Å². The Bertz CT molecular complexity index is 452. The van der Waals surface area contributed by atoms with Crippen LogP contribution < -0.4 is 5.84 Å². The summed E-state index contributed by atoms with van der Waals surface area (Å²) in [5.74, 6) is 7.92. The molecule has 1 saturated heterocycles. The third-order valence-corrected chi connectivity index (χ3v) is 6.01. The topological polar surface area (TPSA) is 66.0 Å². The van der Waals surface area contributed by atoms with Crippen molar-refractivity contribution in [2.45, 2.75) is 63.1 Å². The third kappa shape index (κ3) is 2.55. The van der Waals surface area contributed by atoms with Gasteiger partial charge in [-0.05, 0) is 32.1 Å². The first-order valence-corrected chi connectivity index (χ1v) is 8.67. The number of thioether (sulfide) groups is 1. The van der Waals surface area contributed by atoms with Gasteiger partial charge in [0, 0.05) is 24.2 Å². The van der Waals surface area contributed by atoms with E-state index in [0.717, 1.165) is 29.8 Å². The van der Waals surface area contributed by atoms with Crippen molar-refractivity contribution in [3.8, 4) is 0 Å². The Morgan fingerprint density at radius 3 is 2.75 bits per heavy atom. The van der Waals surface area contributed by atoms with Crippen LogP contribution in [0.5, 0.6) is 0 Å². The van der Waals surface area contributed by atoms with E-state index in [9.17, 15) is 0 Å². The van der Waals surface area contributed by atoms with Crippen molar-refractivity contribution in [3.63, 3.8) is 0 Å². The van der Waals surface area contributed by atoms with Crippen molar-refractivity contribution in [2.75, 3.05) is 18.2 Å². The zero-order chi connectivity index (χ0) is 14.0. The van der Waals surface area contributed by atoms with Crippen LogP contribution in [-0.4, -0.2) is 33.3 Å². The standard InChI is InChI=1S/C14H24N4OS/c1-2-12-16-17-13(18(12)15)20-10-14(7-5-8-14)11-6-3-4-9-19-11/h11H,2-10,15H2,1H3. The molecular weight excluding hydrogens is 272 g/mol. The largest absolute Gasteiger partial charge is 0.378 e. The molecule has 20 heavy (non-hydrogen) atoms. The zero-order valence-corrected chi connectivity index (χ0v) is 13.0. The highest BCUT2D eigenvalue weighted by atomic mass is 32.2. The number of hydrogen-bond donors (Lipinski definition) is 1. The Morgan fingerprint density at radius 1 is 1.35 bits per heavy atom. The Balaban J connectivity index is 1.64. The average Bonchev–Trinajstić information content (AvgIpc) is 2.80. The summed E-state index contributed by atoms with van der Waals surface area (Å²) in [4.78, 5) is 0. The van der Waals surface area contributed by atoms with E-state index < -0.39 is 0 Å². The van der Waals surface area contributed by atoms with Gasteiger partial charge in [-0.25, -0.2) is 4.68 Å². The van der Waals surface area contributed by atoms with Gasteiger partial charge in [0.15, 0.2) is 5.82 Å². The van der Waals surface area contributed by atoms with Crippen LogP contribution >= 0.6 is 11.8 Å². The molecule has 5 nitrogen and oxygen atoms in total. The maximum Gasteiger partial charge on any atom is 0.209 e. The van der Waals surface area contributed by atoms with Gasteiger partial charge in [0.05, 0.1) is 6.10 Å². The summed E-state index contributed by atoms with van der Waals surface area (Å²) in [6, 6.07) is 0. The molecule has 1 saturated carbocycles. The van der Waals surface area contributed by atoms with E-state index in [0.29, 0.717) is 11.5 Å². The fourth-order valence-corrected chi connectivity index (χ4v) is 4.50. The van der Waals surface area contributed by atoms with Crippen molar-refractivity contribution in [1.82, 2.24) is 14.9 Å². The number of aryl methyl sites for hydroxylation is 1. The second kappa shape index (κ2) is 5.93. The summed E-state index contributed by atoms with van der Waals surface area (Å²) in [5.41, 5.74) is 0.351. The van der Waals surface area contributed by atoms with E-state index in [1.807, 2.05) is 6.92 Å². The molecule has 1 aromatic heterocycles. The Morgan fingerprint density at radius 2 is 2.20 bits per heavy atom. The summed E-state index contributed by atoms with van der Waals surface area (Å²) in [5, 5.41) is 9.17. The fourth-order valence-electron chi connectivity index (χ4n) is 3.27. The fraction of sp³-hybridized carbons (Fsp3) is 0.857. The van der Waals surface area contributed by atoms with Gasteiger partial charge in [-0.2, -0.15) is 0 Å². The van der Waals surface area contributed by atoms with Gasteiger partial charge in [-0.3, -0.25) is 0 Å². The summed E-state index contributed by atoms with van der Waals surface area (Å²) in [6.45, 7) is 2.98. The molecule has 2 N–H and O–H groups in total. The summed E-state index contributed by atoms with van der Waals surface area (Å²) in [6.07, 6.45) is 8.90. The van der Waals surface area contributed by atoms with E-state index in [4.69, 9.17) is 10.6 Å². The minimum absolute atomic E-state index is 0.351. The van der Waals surface area contributed by atoms with Crippen LogP contribution in [0.25, 0.3) is 0 Å². The predicted octanol–water partition coefficient (Wildman–Crippen LogP) is 2.39. The Labute approximate surface area is 124 Å². The second-order valence-electron chi connectivity index (χ2n) is 5.98. The van der Waals surface area contributed by atoms with E-state index >= 15 is 0 Å². The maximum atomic E-state index is 6.04. The molecule has 1 atom stereocenters. The maximum absolute atomic E-state index is 6.04. The Hall–Kier alpha value is -0.750. The normalized spacial score (nSPS) is 25.4. The molecule has 0 spiro atoms. The molecule has 1 aliphatic heterocycles. The smallest absolute Gasteiger partial charge is 0.209 e. The monoisotopic (exact) mass is 296 g/mol. The van der Waals surface area contributed by atoms with Crippen LogP contribution in [0.3, 0.4) is 0 Å². The predicted molar refractivity (Wildman–Crippen MR) is 80.1 cm³/mol. The number of nitrogens with two attached hydrogens (primary N) is 1. The van der Waals surface area contributed by atoms with Crippen LogP contribution in [0.2, 0.25) is 0 Å². The molecule has 1 aliphatic carbocycles. The van der Waals surface area contributed by atoms with E-state index in [2.05, 4.69) is 10.2 Å². The van der Waals surface area contributed by atoms with Crippen LogP contribution in [0, 0.1) is 5.41 Å². The van der Waals surface area contributed by atoms with Gasteiger partial charge in [0.25, 0.3) is 0 Å². The highest BCUT2D eigenvalue weighted by Gasteiger charge is 2.45. The molecule has 2 fully saturated rings. The van der Waals surface area contributed by atoms with Gasteiger partial charge in [-0.15, -0.1) is 10.2 Å². The lowest BCUT2D eigenvalue weighted by Crippen LogP contribution is -2.46. The van der Waals surface area contributed by atoms with Crippen LogP contribution in [0.15, 0.2) is 5.16 Å². The summed E-state index contributed by atoms with van der Waals surface area (Å²) < 4.78 is 7.68. The lowest BCUT2D eigenvalue weighted by atomic mass is 9.65. The van der Waals surface area contributed by atoms with E-state index in [-0.39, 0.29) is 0 Å². The van der Waals surface area contributed by atoms with Gasteiger partial charge in [0.2, 0.25) is 5.16 Å². The average molecular weight is 296 g/mol. The minimum Gasteiger partial charge on any atom is -0.378 e. The Kier molecular flexibility index (Phi) is 4.21. The second-order valence-corrected chi connectivity index (χ2v) is 6.92. The molecule has 6 heteroatoms. The molecular formula is C14H24N4OS. The number of nitrogens with zero attached hydrogens (tertiary/aromatic N) is 3. The first-order valence-electron chi connectivity index (χ1n) is 7.69. The first-order chi connectivity index (χ1) is 9.75. The summed E-state index contributed by atoms with van der Waals surface area (Å²) in [7, 11) is 0. The van der Waals surface area contributed by atoms with Gasteiger partial charge in [-0.1, -0.05) is 25.1 Å². The molecule has 2 heterocycles. The van der Waals surface area contributed by atoms with Gasteiger partial charge >= 0.3 is 0 Å². The molecule has 112 valence electrons. The molecule has 0 aromatic carbocycles. The number of rotatable bonds is 5. The molecule has 0 radical (unpaired) electrons. The lowest BCUT2D eigenvalue weighted by molar-refractivity contribution is -0.0917. The lowest BCUT2D eigenvalue weighted by Gasteiger charge is -2.48. The molecule has 0 bridgehead atoms. The third-order valence-electron chi connectivity index (χ3n) is 4.75. The number of nitrogen functional groups attached to an aromatic ring is 1. The van der Waals surface area contributed by atoms with Crippen molar-refractivity contribution >= 4 is 11.8 Å². The van der Waals surface area contributed by atoms with Crippen LogP contribution in [0.1, 0.15) is 51.3 Å². The van der Waals surface area contributed by atoms with Crippen LogP contribution in [-0.2, 0) is 11.2 Å². The summed E-state index contributed by atoms with van der Waals surface area (Å²) >= 11 is 1.74. The number of aromatic nitrogens is 3. The highest BCUT2D eigenvalue weighted by Crippen LogP contribution is 2.50. The quantitative estimate of drug-likeness (QED) is 0.667. The van der Waals surface area contributed by atoms with Crippen molar-refractivity contribution < 1.29 is 4.74 Å². The van der Waals surface area contributed by atoms with Gasteiger partial charge in [0.1, 0.15) is 0 Å². The minimum atomic E-state index is 0.351.